The molecule has 2 unspecified atom stereocenters. The van der Waals surface area contributed by atoms with Gasteiger partial charge in [0, 0.05) is 0 Å². The third-order valence-electron chi connectivity index (χ3n) is 2.61. The van der Waals surface area contributed by atoms with Gasteiger partial charge >= 0.3 is 0 Å². The summed E-state index contributed by atoms with van der Waals surface area (Å²) in [5, 5.41) is 17.8. The van der Waals surface area contributed by atoms with E-state index in [1.807, 2.05) is 24.3 Å². The number of rotatable bonds is 0. The highest BCUT2D eigenvalue weighted by molar-refractivity contribution is 5.59. The van der Waals surface area contributed by atoms with Crippen molar-refractivity contribution < 1.29 is 4.74 Å². The maximum absolute atomic E-state index is 8.90. The highest BCUT2D eigenvalue weighted by Gasteiger charge is 2.53. The molecule has 0 fully saturated rings. The van der Waals surface area contributed by atoms with Crippen LogP contribution < -0.4 is 0 Å². The Morgan fingerprint density at radius 2 is 1.46 bits per heavy atom. The van der Waals surface area contributed by atoms with E-state index in [1.165, 1.54) is 0 Å². The number of fused-ring (bicyclic) bond motifs is 2. The van der Waals surface area contributed by atoms with Gasteiger partial charge in [0.2, 0.25) is 0 Å². The van der Waals surface area contributed by atoms with E-state index in [4.69, 9.17) is 15.3 Å². The Morgan fingerprint density at radius 3 is 1.77 bits per heavy atom. The van der Waals surface area contributed by atoms with E-state index in [0.29, 0.717) is 11.1 Å². The molecule has 0 amide bonds. The topological polar surface area (TPSA) is 56.8 Å². The number of hydrogen-bond acceptors (Lipinski definition) is 3. The lowest BCUT2D eigenvalue weighted by Crippen LogP contribution is -2.24. The Bertz CT molecular complexity index is 383. The Morgan fingerprint density at radius 1 is 1.08 bits per heavy atom. The smallest absolute Gasteiger partial charge is 0.121 e. The molecular weight excluding hydrogens is 164 g/mol. The lowest BCUT2D eigenvalue weighted by atomic mass is 9.85. The van der Waals surface area contributed by atoms with Gasteiger partial charge in [-0.25, -0.2) is 0 Å². The molecule has 0 N–H and O–H groups in total. The number of nitriles is 2. The molecule has 0 aromatic heterocycles. The monoisotopic (exact) mass is 172 g/mol. The van der Waals surface area contributed by atoms with Gasteiger partial charge in [0.05, 0.1) is 23.3 Å². The second-order valence-corrected chi connectivity index (χ2v) is 3.62. The molecule has 2 heterocycles. The van der Waals surface area contributed by atoms with Crippen LogP contribution in [-0.2, 0) is 4.74 Å². The van der Waals surface area contributed by atoms with E-state index in [0.717, 1.165) is 0 Å². The Labute approximate surface area is 76.5 Å². The van der Waals surface area contributed by atoms with Crippen molar-refractivity contribution in [3.63, 3.8) is 0 Å². The summed E-state index contributed by atoms with van der Waals surface area (Å²) in [7, 11) is 0. The van der Waals surface area contributed by atoms with Crippen molar-refractivity contribution in [3.8, 4) is 12.1 Å². The molecule has 2 bridgehead atoms. The molecule has 13 heavy (non-hydrogen) atoms. The van der Waals surface area contributed by atoms with Crippen LogP contribution in [0.3, 0.4) is 0 Å². The van der Waals surface area contributed by atoms with Gasteiger partial charge in [0.1, 0.15) is 11.2 Å². The first kappa shape index (κ1) is 8.04. The average molecular weight is 172 g/mol. The molecule has 3 heteroatoms. The standard InChI is InChI=1S/C10H8N2O/c1-9-3-4-10(2,13-9)8(6-12)7(9)5-11/h3-4H,1-2H3. The highest BCUT2D eigenvalue weighted by atomic mass is 16.5. The minimum atomic E-state index is -0.672. The molecule has 0 radical (unpaired) electrons. The second-order valence-electron chi connectivity index (χ2n) is 3.62. The van der Waals surface area contributed by atoms with Gasteiger partial charge in [-0.2, -0.15) is 10.5 Å². The zero-order chi connectivity index (χ0) is 9.69. The summed E-state index contributed by atoms with van der Waals surface area (Å²) < 4.78 is 5.62. The van der Waals surface area contributed by atoms with Crippen molar-refractivity contribution in [2.45, 2.75) is 25.0 Å². The Kier molecular flexibility index (Phi) is 1.25. The van der Waals surface area contributed by atoms with Crippen molar-refractivity contribution in [1.29, 1.82) is 10.5 Å². The molecule has 0 saturated heterocycles. The largest absolute Gasteiger partial charge is 0.350 e. The summed E-state index contributed by atoms with van der Waals surface area (Å²) in [5.41, 5.74) is -0.455. The minimum absolute atomic E-state index is 0.444. The van der Waals surface area contributed by atoms with Gasteiger partial charge in [0.15, 0.2) is 0 Å². The lowest BCUT2D eigenvalue weighted by molar-refractivity contribution is 0.000526. The van der Waals surface area contributed by atoms with Gasteiger partial charge in [0.25, 0.3) is 0 Å². The minimum Gasteiger partial charge on any atom is -0.350 e. The van der Waals surface area contributed by atoms with E-state index in [1.54, 1.807) is 13.8 Å². The van der Waals surface area contributed by atoms with Crippen molar-refractivity contribution >= 4 is 0 Å². The zero-order valence-electron chi connectivity index (χ0n) is 7.46. The van der Waals surface area contributed by atoms with Crippen LogP contribution in [0.1, 0.15) is 13.8 Å². The first-order valence-electron chi connectivity index (χ1n) is 4.02. The van der Waals surface area contributed by atoms with Crippen LogP contribution in [0.15, 0.2) is 23.3 Å². The molecule has 64 valence electrons. The maximum atomic E-state index is 8.90. The summed E-state index contributed by atoms with van der Waals surface area (Å²) in [5.74, 6) is 0. The summed E-state index contributed by atoms with van der Waals surface area (Å²) in [6, 6.07) is 4.09. The van der Waals surface area contributed by atoms with Crippen LogP contribution in [0.25, 0.3) is 0 Å². The van der Waals surface area contributed by atoms with Crippen LogP contribution in [0.2, 0.25) is 0 Å². The van der Waals surface area contributed by atoms with Gasteiger partial charge in [-0.15, -0.1) is 0 Å². The van der Waals surface area contributed by atoms with E-state index >= 15 is 0 Å². The second kappa shape index (κ2) is 2.02. The fourth-order valence-electron chi connectivity index (χ4n) is 1.93. The van der Waals surface area contributed by atoms with Crippen LogP contribution >= 0.6 is 0 Å². The highest BCUT2D eigenvalue weighted by Crippen LogP contribution is 2.48. The molecular formula is C10H8N2O. The summed E-state index contributed by atoms with van der Waals surface area (Å²) in [4.78, 5) is 0. The van der Waals surface area contributed by atoms with Crippen molar-refractivity contribution in [3.05, 3.63) is 23.3 Å². The third-order valence-corrected chi connectivity index (χ3v) is 2.61. The van der Waals surface area contributed by atoms with E-state index in [9.17, 15) is 0 Å². The van der Waals surface area contributed by atoms with Gasteiger partial charge in [-0.1, -0.05) is 0 Å². The summed E-state index contributed by atoms with van der Waals surface area (Å²) in [6.45, 7) is 3.61. The van der Waals surface area contributed by atoms with E-state index < -0.39 is 11.2 Å². The predicted octanol–water partition coefficient (Wildman–Crippen LogP) is 1.45. The van der Waals surface area contributed by atoms with E-state index in [-0.39, 0.29) is 0 Å². The Hall–Kier alpha value is -1.58. The zero-order valence-corrected chi connectivity index (χ0v) is 7.46. The summed E-state index contributed by atoms with van der Waals surface area (Å²) >= 11 is 0. The van der Waals surface area contributed by atoms with Gasteiger partial charge < -0.3 is 4.74 Å². The molecule has 0 spiro atoms. The van der Waals surface area contributed by atoms with Crippen molar-refractivity contribution in [2.24, 2.45) is 0 Å². The molecule has 2 rings (SSSR count). The molecule has 3 nitrogen and oxygen atoms in total. The van der Waals surface area contributed by atoms with E-state index in [2.05, 4.69) is 0 Å². The van der Waals surface area contributed by atoms with Crippen LogP contribution in [0, 0.1) is 22.7 Å². The normalized spacial score (nSPS) is 40.6. The Balaban J connectivity index is 2.68. The van der Waals surface area contributed by atoms with Gasteiger partial charge in [-0.3, -0.25) is 0 Å². The van der Waals surface area contributed by atoms with Crippen LogP contribution in [0.4, 0.5) is 0 Å². The molecule has 2 atom stereocenters. The fourth-order valence-corrected chi connectivity index (χ4v) is 1.93. The number of ether oxygens (including phenoxy) is 1. The molecule has 0 aromatic carbocycles. The lowest BCUT2D eigenvalue weighted by Gasteiger charge is -2.18. The predicted molar refractivity (Wildman–Crippen MR) is 45.3 cm³/mol. The molecule has 0 aromatic rings. The molecule has 2 aliphatic rings. The number of nitrogens with zero attached hydrogens (tertiary/aromatic N) is 2. The molecule has 0 aliphatic carbocycles. The van der Waals surface area contributed by atoms with Gasteiger partial charge in [-0.05, 0) is 26.0 Å². The summed E-state index contributed by atoms with van der Waals surface area (Å²) in [6.07, 6.45) is 3.68. The quantitative estimate of drug-likeness (QED) is 0.519. The third kappa shape index (κ3) is 0.748. The maximum Gasteiger partial charge on any atom is 0.121 e. The van der Waals surface area contributed by atoms with Crippen molar-refractivity contribution in [1.82, 2.24) is 0 Å². The number of hydrogen-bond donors (Lipinski definition) is 0. The van der Waals surface area contributed by atoms with Crippen LogP contribution in [-0.4, -0.2) is 11.2 Å². The first-order valence-corrected chi connectivity index (χ1v) is 4.02. The molecule has 2 aliphatic heterocycles. The van der Waals surface area contributed by atoms with Crippen LogP contribution in [0.5, 0.6) is 0 Å². The first-order chi connectivity index (χ1) is 6.06. The fraction of sp³-hybridized carbons (Fsp3) is 0.400. The molecule has 0 saturated carbocycles. The average Bonchev–Trinajstić information content (AvgIpc) is 2.49. The SMILES string of the molecule is CC12C=CC(C)(O1)C(C#N)=C2C#N. The van der Waals surface area contributed by atoms with Crippen molar-refractivity contribution in [2.75, 3.05) is 0 Å².